The van der Waals surface area contributed by atoms with Crippen molar-refractivity contribution in [3.63, 3.8) is 0 Å². The molecule has 0 aliphatic carbocycles. The summed E-state index contributed by atoms with van der Waals surface area (Å²) in [5.74, 6) is -0.140. The van der Waals surface area contributed by atoms with Crippen molar-refractivity contribution < 1.29 is 9.53 Å². The van der Waals surface area contributed by atoms with Crippen LogP contribution >= 0.6 is 0 Å². The Bertz CT molecular complexity index is 190. The van der Waals surface area contributed by atoms with Crippen molar-refractivity contribution >= 4 is 5.97 Å². The molecule has 82 valence electrons. The number of carbonyl (C=O) groups is 1. The van der Waals surface area contributed by atoms with Crippen LogP contribution in [-0.2, 0) is 9.53 Å². The van der Waals surface area contributed by atoms with E-state index in [4.69, 9.17) is 0 Å². The summed E-state index contributed by atoms with van der Waals surface area (Å²) in [6, 6.07) is 0. The summed E-state index contributed by atoms with van der Waals surface area (Å²) in [5.41, 5.74) is 1.18. The lowest BCUT2D eigenvalue weighted by atomic mass is 10.2. The molecule has 0 spiro atoms. The van der Waals surface area contributed by atoms with Gasteiger partial charge in [-0.3, -0.25) is 4.79 Å². The summed E-state index contributed by atoms with van der Waals surface area (Å²) < 4.78 is 4.59. The molecule has 0 aromatic rings. The molecule has 0 aliphatic rings. The van der Waals surface area contributed by atoms with E-state index in [2.05, 4.69) is 23.1 Å². The number of ether oxygens (including phenoxy) is 1. The lowest BCUT2D eigenvalue weighted by Crippen LogP contribution is -2.27. The molecule has 0 saturated heterocycles. The summed E-state index contributed by atoms with van der Waals surface area (Å²) >= 11 is 0. The molecule has 0 amide bonds. The molecule has 0 heterocycles. The highest BCUT2D eigenvalue weighted by Crippen LogP contribution is 2.00. The van der Waals surface area contributed by atoms with Crippen LogP contribution in [0.5, 0.6) is 0 Å². The van der Waals surface area contributed by atoms with Crippen molar-refractivity contribution in [1.29, 1.82) is 0 Å². The highest BCUT2D eigenvalue weighted by molar-refractivity contribution is 5.69. The molecule has 0 radical (unpaired) electrons. The van der Waals surface area contributed by atoms with Crippen LogP contribution in [0.2, 0.25) is 0 Å². The molecule has 3 nitrogen and oxygen atoms in total. The monoisotopic (exact) mass is 199 g/mol. The van der Waals surface area contributed by atoms with E-state index in [0.29, 0.717) is 6.42 Å². The lowest BCUT2D eigenvalue weighted by molar-refractivity contribution is -0.140. The van der Waals surface area contributed by atoms with Gasteiger partial charge < -0.3 is 9.64 Å². The minimum absolute atomic E-state index is 0.140. The van der Waals surface area contributed by atoms with E-state index in [-0.39, 0.29) is 5.97 Å². The predicted octanol–water partition coefficient (Wildman–Crippen LogP) is 1.84. The maximum absolute atomic E-state index is 10.9. The summed E-state index contributed by atoms with van der Waals surface area (Å²) in [6.45, 7) is 10.7. The predicted molar refractivity (Wildman–Crippen MR) is 58.2 cm³/mol. The Hall–Kier alpha value is -0.830. The van der Waals surface area contributed by atoms with Gasteiger partial charge in [-0.2, -0.15) is 0 Å². The maximum atomic E-state index is 10.9. The molecule has 0 aromatic carbocycles. The van der Waals surface area contributed by atoms with Crippen LogP contribution in [-0.4, -0.2) is 37.6 Å². The minimum atomic E-state index is -0.140. The van der Waals surface area contributed by atoms with Crippen LogP contribution in [0.15, 0.2) is 12.2 Å². The largest absolute Gasteiger partial charge is 0.469 e. The Morgan fingerprint density at radius 1 is 1.36 bits per heavy atom. The first-order chi connectivity index (χ1) is 6.60. The minimum Gasteiger partial charge on any atom is -0.469 e. The van der Waals surface area contributed by atoms with Gasteiger partial charge in [-0.15, -0.1) is 6.58 Å². The van der Waals surface area contributed by atoms with Gasteiger partial charge in [0.25, 0.3) is 0 Å². The van der Waals surface area contributed by atoms with Gasteiger partial charge in [0.1, 0.15) is 0 Å². The zero-order chi connectivity index (χ0) is 11.0. The normalized spacial score (nSPS) is 10.3. The summed E-state index contributed by atoms with van der Waals surface area (Å²) in [7, 11) is 1.42. The van der Waals surface area contributed by atoms with E-state index in [1.54, 1.807) is 0 Å². The van der Waals surface area contributed by atoms with E-state index < -0.39 is 0 Å². The van der Waals surface area contributed by atoms with E-state index in [9.17, 15) is 4.79 Å². The van der Waals surface area contributed by atoms with Crippen LogP contribution in [0.25, 0.3) is 0 Å². The molecule has 14 heavy (non-hydrogen) atoms. The molecular formula is C11H21NO2. The maximum Gasteiger partial charge on any atom is 0.306 e. The molecule has 0 bridgehead atoms. The van der Waals surface area contributed by atoms with Gasteiger partial charge in [-0.1, -0.05) is 12.5 Å². The molecular weight excluding hydrogens is 178 g/mol. The number of esters is 1. The number of hydrogen-bond acceptors (Lipinski definition) is 3. The van der Waals surface area contributed by atoms with Crippen molar-refractivity contribution in [2.24, 2.45) is 0 Å². The highest BCUT2D eigenvalue weighted by atomic mass is 16.5. The van der Waals surface area contributed by atoms with Crippen LogP contribution in [0.3, 0.4) is 0 Å². The molecule has 0 aromatic heterocycles. The second kappa shape index (κ2) is 7.56. The molecule has 0 fully saturated rings. The molecule has 0 saturated carbocycles. The lowest BCUT2D eigenvalue weighted by Gasteiger charge is -2.19. The topological polar surface area (TPSA) is 29.5 Å². The van der Waals surface area contributed by atoms with E-state index >= 15 is 0 Å². The van der Waals surface area contributed by atoms with E-state index in [1.165, 1.54) is 12.7 Å². The van der Waals surface area contributed by atoms with Gasteiger partial charge in [0.2, 0.25) is 0 Å². The number of rotatable bonds is 7. The molecule has 0 N–H and O–H groups in total. The fourth-order valence-corrected chi connectivity index (χ4v) is 1.13. The quantitative estimate of drug-likeness (QED) is 0.463. The summed E-state index contributed by atoms with van der Waals surface area (Å²) in [6.07, 6.45) is 1.47. The standard InChI is InChI=1S/C11H21NO2/c1-5-12(8-6-10(2)3)9-7-11(13)14-4/h2,5-9H2,1,3-4H3. The third kappa shape index (κ3) is 6.66. The first kappa shape index (κ1) is 13.2. The smallest absolute Gasteiger partial charge is 0.306 e. The zero-order valence-corrected chi connectivity index (χ0v) is 9.51. The average molecular weight is 199 g/mol. The molecule has 0 aliphatic heterocycles. The molecule has 0 atom stereocenters. The van der Waals surface area contributed by atoms with Crippen molar-refractivity contribution in [2.75, 3.05) is 26.7 Å². The van der Waals surface area contributed by atoms with Crippen molar-refractivity contribution in [2.45, 2.75) is 26.7 Å². The molecule has 0 rings (SSSR count). The fourth-order valence-electron chi connectivity index (χ4n) is 1.13. The number of nitrogens with zero attached hydrogens (tertiary/aromatic N) is 1. The van der Waals surface area contributed by atoms with Crippen molar-refractivity contribution in [1.82, 2.24) is 4.90 Å². The van der Waals surface area contributed by atoms with Crippen molar-refractivity contribution in [3.05, 3.63) is 12.2 Å². The number of hydrogen-bond donors (Lipinski definition) is 0. The number of methoxy groups -OCH3 is 1. The van der Waals surface area contributed by atoms with Gasteiger partial charge in [-0.25, -0.2) is 0 Å². The third-order valence-corrected chi connectivity index (χ3v) is 2.16. The van der Waals surface area contributed by atoms with Crippen LogP contribution in [0.4, 0.5) is 0 Å². The average Bonchev–Trinajstić information content (AvgIpc) is 2.17. The molecule has 0 unspecified atom stereocenters. The SMILES string of the molecule is C=C(C)CCN(CC)CCC(=O)OC. The highest BCUT2D eigenvalue weighted by Gasteiger charge is 2.05. The van der Waals surface area contributed by atoms with Crippen molar-refractivity contribution in [3.8, 4) is 0 Å². The van der Waals surface area contributed by atoms with Gasteiger partial charge in [0.15, 0.2) is 0 Å². The number of carbonyl (C=O) groups excluding carboxylic acids is 1. The second-order valence-corrected chi connectivity index (χ2v) is 3.47. The zero-order valence-electron chi connectivity index (χ0n) is 9.51. The summed E-state index contributed by atoms with van der Waals surface area (Å²) in [5, 5.41) is 0. The Morgan fingerprint density at radius 3 is 2.36 bits per heavy atom. The first-order valence-electron chi connectivity index (χ1n) is 5.03. The Labute approximate surface area is 86.7 Å². The van der Waals surface area contributed by atoms with Gasteiger partial charge in [0.05, 0.1) is 13.5 Å². The first-order valence-corrected chi connectivity index (χ1v) is 5.03. The van der Waals surface area contributed by atoms with Crippen LogP contribution < -0.4 is 0 Å². The Balaban J connectivity index is 3.68. The summed E-state index contributed by atoms with van der Waals surface area (Å²) in [4.78, 5) is 13.1. The van der Waals surface area contributed by atoms with E-state index in [0.717, 1.165) is 26.1 Å². The third-order valence-electron chi connectivity index (χ3n) is 2.16. The van der Waals surface area contributed by atoms with E-state index in [1.807, 2.05) is 6.92 Å². The van der Waals surface area contributed by atoms with Gasteiger partial charge in [-0.05, 0) is 19.9 Å². The van der Waals surface area contributed by atoms with Crippen LogP contribution in [0.1, 0.15) is 26.7 Å². The second-order valence-electron chi connectivity index (χ2n) is 3.47. The van der Waals surface area contributed by atoms with Gasteiger partial charge >= 0.3 is 5.97 Å². The Morgan fingerprint density at radius 2 is 1.93 bits per heavy atom. The Kier molecular flexibility index (Phi) is 7.11. The van der Waals surface area contributed by atoms with Crippen LogP contribution in [0, 0.1) is 0 Å². The van der Waals surface area contributed by atoms with Gasteiger partial charge in [0, 0.05) is 13.1 Å². The molecule has 3 heteroatoms. The fraction of sp³-hybridized carbons (Fsp3) is 0.727.